The maximum Gasteiger partial charge on any atom is 0.337 e. The molecule has 0 radical (unpaired) electrons. The standard InChI is InChI=1S/C18H23N3O4/c1-5-12(6-2)21-11(3)15(10-19-21)17(22)20-16-8-7-13(25-4)9-14(16)18(23)24/h7-10,12H,5-6H2,1-4H3,(H,20,22)(H,23,24). The summed E-state index contributed by atoms with van der Waals surface area (Å²) in [6.45, 7) is 5.99. The van der Waals surface area contributed by atoms with Gasteiger partial charge in [-0.15, -0.1) is 0 Å². The van der Waals surface area contributed by atoms with Gasteiger partial charge in [0.05, 0.1) is 36.2 Å². The van der Waals surface area contributed by atoms with Crippen LogP contribution in [0.1, 0.15) is 59.1 Å². The Balaban J connectivity index is 2.30. The summed E-state index contributed by atoms with van der Waals surface area (Å²) >= 11 is 0. The van der Waals surface area contributed by atoms with Crippen molar-refractivity contribution in [2.24, 2.45) is 0 Å². The SMILES string of the molecule is CCC(CC)n1ncc(C(=O)Nc2ccc(OC)cc2C(=O)O)c1C. The number of aromatic carboxylic acids is 1. The monoisotopic (exact) mass is 345 g/mol. The normalized spacial score (nSPS) is 10.8. The molecule has 2 aromatic rings. The molecular formula is C18H23N3O4. The molecule has 0 saturated heterocycles. The van der Waals surface area contributed by atoms with Crippen molar-refractivity contribution in [1.29, 1.82) is 0 Å². The zero-order valence-electron chi connectivity index (χ0n) is 14.9. The molecule has 7 heteroatoms. The second kappa shape index (κ2) is 7.83. The van der Waals surface area contributed by atoms with Crippen molar-refractivity contribution in [2.75, 3.05) is 12.4 Å². The third-order valence-corrected chi connectivity index (χ3v) is 4.28. The van der Waals surface area contributed by atoms with Gasteiger partial charge in [-0.1, -0.05) is 13.8 Å². The van der Waals surface area contributed by atoms with Gasteiger partial charge >= 0.3 is 5.97 Å². The molecule has 1 aromatic heterocycles. The molecule has 7 nitrogen and oxygen atoms in total. The van der Waals surface area contributed by atoms with Gasteiger partial charge < -0.3 is 15.2 Å². The molecule has 0 bridgehead atoms. The number of aromatic nitrogens is 2. The Morgan fingerprint density at radius 3 is 2.52 bits per heavy atom. The van der Waals surface area contributed by atoms with Crippen LogP contribution in [-0.4, -0.2) is 33.9 Å². The van der Waals surface area contributed by atoms with Crippen LogP contribution in [0.3, 0.4) is 0 Å². The number of amides is 1. The number of carboxylic acids is 1. The van der Waals surface area contributed by atoms with E-state index in [2.05, 4.69) is 24.3 Å². The fraction of sp³-hybridized carbons (Fsp3) is 0.389. The van der Waals surface area contributed by atoms with Crippen LogP contribution >= 0.6 is 0 Å². The largest absolute Gasteiger partial charge is 0.497 e. The van der Waals surface area contributed by atoms with Crippen LogP contribution in [0.15, 0.2) is 24.4 Å². The Bertz CT molecular complexity index is 779. The van der Waals surface area contributed by atoms with Crippen molar-refractivity contribution < 1.29 is 19.4 Å². The van der Waals surface area contributed by atoms with Crippen LogP contribution < -0.4 is 10.1 Å². The first kappa shape index (κ1) is 18.5. The number of nitrogens with zero attached hydrogens (tertiary/aromatic N) is 2. The maximum absolute atomic E-state index is 12.6. The molecule has 0 aliphatic heterocycles. The first-order valence-electron chi connectivity index (χ1n) is 8.19. The zero-order valence-corrected chi connectivity index (χ0v) is 14.9. The molecule has 0 unspecified atom stereocenters. The molecule has 0 fully saturated rings. The molecular weight excluding hydrogens is 322 g/mol. The number of rotatable bonds is 7. The fourth-order valence-corrected chi connectivity index (χ4v) is 2.77. The van der Waals surface area contributed by atoms with E-state index in [4.69, 9.17) is 4.74 Å². The first-order valence-corrected chi connectivity index (χ1v) is 8.19. The molecule has 1 aromatic carbocycles. The third-order valence-electron chi connectivity index (χ3n) is 4.28. The van der Waals surface area contributed by atoms with Crippen LogP contribution in [0, 0.1) is 6.92 Å². The van der Waals surface area contributed by atoms with Crippen LogP contribution in [0.5, 0.6) is 5.75 Å². The number of benzene rings is 1. The van der Waals surface area contributed by atoms with Gasteiger partial charge in [-0.2, -0.15) is 5.10 Å². The van der Waals surface area contributed by atoms with Crippen molar-refractivity contribution in [1.82, 2.24) is 9.78 Å². The van der Waals surface area contributed by atoms with Gasteiger partial charge in [0, 0.05) is 5.69 Å². The lowest BCUT2D eigenvalue weighted by atomic mass is 10.1. The Morgan fingerprint density at radius 2 is 1.96 bits per heavy atom. The number of hydrogen-bond donors (Lipinski definition) is 2. The second-order valence-corrected chi connectivity index (χ2v) is 5.73. The molecule has 0 spiro atoms. The number of carbonyl (C=O) groups excluding carboxylic acids is 1. The summed E-state index contributed by atoms with van der Waals surface area (Å²) in [6, 6.07) is 4.72. The smallest absolute Gasteiger partial charge is 0.337 e. The average molecular weight is 345 g/mol. The Hall–Kier alpha value is -2.83. The minimum atomic E-state index is -1.14. The number of carbonyl (C=O) groups is 2. The summed E-state index contributed by atoms with van der Waals surface area (Å²) < 4.78 is 6.88. The summed E-state index contributed by atoms with van der Waals surface area (Å²) in [5.74, 6) is -1.12. The number of carboxylic acid groups (broad SMARTS) is 1. The zero-order chi connectivity index (χ0) is 18.6. The van der Waals surface area contributed by atoms with E-state index >= 15 is 0 Å². The Kier molecular flexibility index (Phi) is 5.80. The van der Waals surface area contributed by atoms with Crippen molar-refractivity contribution in [3.05, 3.63) is 41.2 Å². The highest BCUT2D eigenvalue weighted by Crippen LogP contribution is 2.24. The molecule has 0 aliphatic carbocycles. The van der Waals surface area contributed by atoms with Gasteiger partial charge in [-0.25, -0.2) is 4.79 Å². The van der Waals surface area contributed by atoms with Crippen molar-refractivity contribution in [3.8, 4) is 5.75 Å². The summed E-state index contributed by atoms with van der Waals surface area (Å²) in [6.07, 6.45) is 3.36. The number of hydrogen-bond acceptors (Lipinski definition) is 4. The van der Waals surface area contributed by atoms with Gasteiger partial charge in [-0.05, 0) is 38.0 Å². The minimum absolute atomic E-state index is 0.0299. The molecule has 1 amide bonds. The van der Waals surface area contributed by atoms with E-state index in [1.165, 1.54) is 25.4 Å². The molecule has 0 saturated carbocycles. The molecule has 2 N–H and O–H groups in total. The van der Waals surface area contributed by atoms with E-state index < -0.39 is 5.97 Å². The predicted molar refractivity (Wildman–Crippen MR) is 94.5 cm³/mol. The van der Waals surface area contributed by atoms with Gasteiger partial charge in [0.1, 0.15) is 5.75 Å². The maximum atomic E-state index is 12.6. The lowest BCUT2D eigenvalue weighted by molar-refractivity contribution is 0.0697. The van der Waals surface area contributed by atoms with E-state index in [0.717, 1.165) is 18.5 Å². The summed E-state index contributed by atoms with van der Waals surface area (Å²) in [5.41, 5.74) is 1.38. The first-order chi connectivity index (χ1) is 11.9. The van der Waals surface area contributed by atoms with Gasteiger partial charge in [0.15, 0.2) is 0 Å². The molecule has 0 atom stereocenters. The van der Waals surface area contributed by atoms with E-state index in [1.807, 2.05) is 11.6 Å². The van der Waals surface area contributed by atoms with E-state index in [9.17, 15) is 14.7 Å². The number of methoxy groups -OCH3 is 1. The lowest BCUT2D eigenvalue weighted by Crippen LogP contribution is -2.17. The number of anilines is 1. The number of ether oxygens (including phenoxy) is 1. The topological polar surface area (TPSA) is 93.5 Å². The summed E-state index contributed by atoms with van der Waals surface area (Å²) in [5, 5.41) is 16.3. The predicted octanol–water partition coefficient (Wildman–Crippen LogP) is 3.51. The summed E-state index contributed by atoms with van der Waals surface area (Å²) in [7, 11) is 1.45. The van der Waals surface area contributed by atoms with Crippen LogP contribution in [0.4, 0.5) is 5.69 Å². The highest BCUT2D eigenvalue weighted by molar-refractivity contribution is 6.08. The van der Waals surface area contributed by atoms with Crippen LogP contribution in [0.25, 0.3) is 0 Å². The lowest BCUT2D eigenvalue weighted by Gasteiger charge is -2.15. The minimum Gasteiger partial charge on any atom is -0.497 e. The van der Waals surface area contributed by atoms with Crippen LogP contribution in [0.2, 0.25) is 0 Å². The second-order valence-electron chi connectivity index (χ2n) is 5.73. The van der Waals surface area contributed by atoms with Gasteiger partial charge in [-0.3, -0.25) is 9.48 Å². The Morgan fingerprint density at radius 1 is 1.28 bits per heavy atom. The molecule has 25 heavy (non-hydrogen) atoms. The van der Waals surface area contributed by atoms with Crippen LogP contribution in [-0.2, 0) is 0 Å². The molecule has 0 aliphatic rings. The highest BCUT2D eigenvalue weighted by Gasteiger charge is 2.20. The molecule has 134 valence electrons. The quantitative estimate of drug-likeness (QED) is 0.801. The van der Waals surface area contributed by atoms with E-state index in [1.54, 1.807) is 6.07 Å². The highest BCUT2D eigenvalue weighted by atomic mass is 16.5. The Labute approximate surface area is 146 Å². The van der Waals surface area contributed by atoms with Gasteiger partial charge in [0.2, 0.25) is 0 Å². The van der Waals surface area contributed by atoms with E-state index in [-0.39, 0.29) is 23.2 Å². The van der Waals surface area contributed by atoms with Crippen molar-refractivity contribution in [2.45, 2.75) is 39.7 Å². The fourth-order valence-electron chi connectivity index (χ4n) is 2.77. The average Bonchev–Trinajstić information content (AvgIpc) is 2.98. The van der Waals surface area contributed by atoms with Crippen molar-refractivity contribution >= 4 is 17.6 Å². The third kappa shape index (κ3) is 3.81. The van der Waals surface area contributed by atoms with Crippen molar-refractivity contribution in [3.63, 3.8) is 0 Å². The van der Waals surface area contributed by atoms with Gasteiger partial charge in [0.25, 0.3) is 5.91 Å². The molecule has 2 rings (SSSR count). The van der Waals surface area contributed by atoms with E-state index in [0.29, 0.717) is 11.3 Å². The number of nitrogens with one attached hydrogen (secondary N) is 1. The summed E-state index contributed by atoms with van der Waals surface area (Å²) in [4.78, 5) is 24.0. The molecule has 1 heterocycles.